The monoisotopic (exact) mass is 356 g/mol. The highest BCUT2D eigenvalue weighted by Crippen LogP contribution is 2.23. The zero-order chi connectivity index (χ0) is 18.5. The van der Waals surface area contributed by atoms with Crippen LogP contribution in [0.1, 0.15) is 26.2 Å². The summed E-state index contributed by atoms with van der Waals surface area (Å²) in [7, 11) is 0. The van der Waals surface area contributed by atoms with Crippen molar-refractivity contribution in [2.24, 2.45) is 0 Å². The summed E-state index contributed by atoms with van der Waals surface area (Å²) >= 11 is 0. The SMILES string of the molecule is CC[C@@H](Oc1ccc(F)cc1)C(=O)Nc1ccc(N2CCCC2=O)cc1. The summed E-state index contributed by atoms with van der Waals surface area (Å²) in [5, 5.41) is 2.81. The van der Waals surface area contributed by atoms with E-state index in [0.29, 0.717) is 24.3 Å². The number of nitrogens with one attached hydrogen (secondary N) is 1. The first-order valence-corrected chi connectivity index (χ1v) is 8.70. The first-order valence-electron chi connectivity index (χ1n) is 8.70. The molecule has 3 rings (SSSR count). The van der Waals surface area contributed by atoms with Crippen LogP contribution in [0.4, 0.5) is 15.8 Å². The van der Waals surface area contributed by atoms with Crippen LogP contribution in [0.5, 0.6) is 5.75 Å². The van der Waals surface area contributed by atoms with Gasteiger partial charge in [0.25, 0.3) is 5.91 Å². The largest absolute Gasteiger partial charge is 0.481 e. The van der Waals surface area contributed by atoms with E-state index in [1.54, 1.807) is 17.0 Å². The molecule has 1 N–H and O–H groups in total. The average Bonchev–Trinajstić information content (AvgIpc) is 3.07. The number of ether oxygens (including phenoxy) is 1. The molecule has 0 bridgehead atoms. The summed E-state index contributed by atoms with van der Waals surface area (Å²) in [6.45, 7) is 2.57. The van der Waals surface area contributed by atoms with Gasteiger partial charge in [-0.2, -0.15) is 0 Å². The van der Waals surface area contributed by atoms with Crippen molar-refractivity contribution >= 4 is 23.2 Å². The molecule has 1 aliphatic heterocycles. The molecule has 1 aliphatic rings. The van der Waals surface area contributed by atoms with Gasteiger partial charge in [0, 0.05) is 24.3 Å². The fourth-order valence-electron chi connectivity index (χ4n) is 2.87. The molecule has 1 heterocycles. The first-order chi connectivity index (χ1) is 12.6. The lowest BCUT2D eigenvalue weighted by molar-refractivity contribution is -0.122. The van der Waals surface area contributed by atoms with Gasteiger partial charge < -0.3 is 15.0 Å². The summed E-state index contributed by atoms with van der Waals surface area (Å²) in [5.74, 6) is -0.0647. The number of amides is 2. The molecule has 1 saturated heterocycles. The Morgan fingerprint density at radius 3 is 2.46 bits per heavy atom. The zero-order valence-corrected chi connectivity index (χ0v) is 14.6. The Kier molecular flexibility index (Phi) is 5.51. The van der Waals surface area contributed by atoms with E-state index in [1.165, 1.54) is 24.3 Å². The minimum atomic E-state index is -0.680. The molecule has 136 valence electrons. The van der Waals surface area contributed by atoms with Crippen molar-refractivity contribution in [3.05, 3.63) is 54.3 Å². The Bertz CT molecular complexity index is 775. The maximum Gasteiger partial charge on any atom is 0.265 e. The molecule has 0 unspecified atom stereocenters. The van der Waals surface area contributed by atoms with Crippen molar-refractivity contribution in [3.63, 3.8) is 0 Å². The van der Waals surface area contributed by atoms with E-state index in [9.17, 15) is 14.0 Å². The van der Waals surface area contributed by atoms with Crippen LogP contribution in [-0.4, -0.2) is 24.5 Å². The van der Waals surface area contributed by atoms with Gasteiger partial charge in [-0.25, -0.2) is 4.39 Å². The van der Waals surface area contributed by atoms with Crippen LogP contribution in [0, 0.1) is 5.82 Å². The quantitative estimate of drug-likeness (QED) is 0.858. The Hall–Kier alpha value is -2.89. The van der Waals surface area contributed by atoms with Crippen LogP contribution >= 0.6 is 0 Å². The molecule has 0 saturated carbocycles. The van der Waals surface area contributed by atoms with Gasteiger partial charge >= 0.3 is 0 Å². The third-order valence-electron chi connectivity index (χ3n) is 4.28. The maximum absolute atomic E-state index is 13.0. The van der Waals surface area contributed by atoms with Gasteiger partial charge in [0.1, 0.15) is 11.6 Å². The van der Waals surface area contributed by atoms with Crippen molar-refractivity contribution in [2.75, 3.05) is 16.8 Å². The third kappa shape index (κ3) is 4.20. The second-order valence-electron chi connectivity index (χ2n) is 6.15. The van der Waals surface area contributed by atoms with Crippen molar-refractivity contribution in [1.82, 2.24) is 0 Å². The van der Waals surface area contributed by atoms with Gasteiger partial charge in [-0.15, -0.1) is 0 Å². The molecule has 1 atom stereocenters. The van der Waals surface area contributed by atoms with Gasteiger partial charge in [0.15, 0.2) is 6.10 Å². The Labute approximate surface area is 151 Å². The van der Waals surface area contributed by atoms with E-state index in [-0.39, 0.29) is 17.6 Å². The zero-order valence-electron chi connectivity index (χ0n) is 14.6. The lowest BCUT2D eigenvalue weighted by Gasteiger charge is -2.18. The average molecular weight is 356 g/mol. The Balaban J connectivity index is 1.62. The fourth-order valence-corrected chi connectivity index (χ4v) is 2.87. The molecular weight excluding hydrogens is 335 g/mol. The second-order valence-corrected chi connectivity index (χ2v) is 6.15. The molecule has 0 spiro atoms. The standard InChI is InChI=1S/C20H21FN2O3/c1-2-18(26-17-11-5-14(21)6-12-17)20(25)22-15-7-9-16(10-8-15)23-13-3-4-19(23)24/h5-12,18H,2-4,13H2,1H3,(H,22,25)/t18-/m1/s1. The molecule has 5 nitrogen and oxygen atoms in total. The van der Waals surface area contributed by atoms with Gasteiger partial charge in [-0.1, -0.05) is 6.92 Å². The molecule has 2 amide bonds. The number of halogens is 1. The summed E-state index contributed by atoms with van der Waals surface area (Å²) in [6.07, 6.45) is 1.25. The number of anilines is 2. The topological polar surface area (TPSA) is 58.6 Å². The Morgan fingerprint density at radius 1 is 1.19 bits per heavy atom. The predicted molar refractivity (Wildman–Crippen MR) is 97.8 cm³/mol. The van der Waals surface area contributed by atoms with E-state index < -0.39 is 6.10 Å². The number of benzene rings is 2. The van der Waals surface area contributed by atoms with Gasteiger partial charge in [-0.3, -0.25) is 9.59 Å². The highest BCUT2D eigenvalue weighted by Gasteiger charge is 2.22. The molecular formula is C20H21FN2O3. The summed E-state index contributed by atoms with van der Waals surface area (Å²) in [6, 6.07) is 12.7. The number of nitrogens with zero attached hydrogens (tertiary/aromatic N) is 1. The van der Waals surface area contributed by atoms with Crippen molar-refractivity contribution in [1.29, 1.82) is 0 Å². The van der Waals surface area contributed by atoms with Crippen LogP contribution in [0.15, 0.2) is 48.5 Å². The maximum atomic E-state index is 13.0. The molecule has 2 aromatic rings. The summed E-state index contributed by atoms with van der Waals surface area (Å²) in [4.78, 5) is 26.0. The van der Waals surface area contributed by atoms with Crippen LogP contribution in [0.2, 0.25) is 0 Å². The van der Waals surface area contributed by atoms with E-state index in [2.05, 4.69) is 5.32 Å². The number of carbonyl (C=O) groups excluding carboxylic acids is 2. The van der Waals surface area contributed by atoms with E-state index >= 15 is 0 Å². The second kappa shape index (κ2) is 7.99. The van der Waals surface area contributed by atoms with Crippen molar-refractivity contribution < 1.29 is 18.7 Å². The highest BCUT2D eigenvalue weighted by atomic mass is 19.1. The van der Waals surface area contributed by atoms with E-state index in [4.69, 9.17) is 4.74 Å². The molecule has 6 heteroatoms. The van der Waals surface area contributed by atoms with Crippen LogP contribution in [0.25, 0.3) is 0 Å². The van der Waals surface area contributed by atoms with Crippen molar-refractivity contribution in [3.8, 4) is 5.75 Å². The molecule has 0 aromatic heterocycles. The number of carbonyl (C=O) groups is 2. The lowest BCUT2D eigenvalue weighted by atomic mass is 10.2. The lowest BCUT2D eigenvalue weighted by Crippen LogP contribution is -2.32. The normalized spacial score (nSPS) is 15.0. The molecule has 1 fully saturated rings. The summed E-state index contributed by atoms with van der Waals surface area (Å²) in [5.41, 5.74) is 1.46. The van der Waals surface area contributed by atoms with Crippen molar-refractivity contribution in [2.45, 2.75) is 32.3 Å². The molecule has 2 aromatic carbocycles. The Morgan fingerprint density at radius 2 is 1.88 bits per heavy atom. The number of hydrogen-bond acceptors (Lipinski definition) is 3. The van der Waals surface area contributed by atoms with Gasteiger partial charge in [0.05, 0.1) is 0 Å². The summed E-state index contributed by atoms with van der Waals surface area (Å²) < 4.78 is 18.6. The number of hydrogen-bond donors (Lipinski definition) is 1. The fraction of sp³-hybridized carbons (Fsp3) is 0.300. The van der Waals surface area contributed by atoms with Crippen LogP contribution < -0.4 is 15.0 Å². The van der Waals surface area contributed by atoms with Gasteiger partial charge in [-0.05, 0) is 61.4 Å². The first kappa shape index (κ1) is 17.9. The molecule has 0 radical (unpaired) electrons. The van der Waals surface area contributed by atoms with Crippen LogP contribution in [0.3, 0.4) is 0 Å². The molecule has 26 heavy (non-hydrogen) atoms. The minimum Gasteiger partial charge on any atom is -0.481 e. The minimum absolute atomic E-state index is 0.125. The smallest absolute Gasteiger partial charge is 0.265 e. The highest BCUT2D eigenvalue weighted by molar-refractivity contribution is 5.97. The molecule has 0 aliphatic carbocycles. The van der Waals surface area contributed by atoms with Crippen LogP contribution in [-0.2, 0) is 9.59 Å². The third-order valence-corrected chi connectivity index (χ3v) is 4.28. The number of rotatable bonds is 6. The van der Waals surface area contributed by atoms with E-state index in [0.717, 1.165) is 18.7 Å². The predicted octanol–water partition coefficient (Wildman–Crippen LogP) is 3.75. The van der Waals surface area contributed by atoms with E-state index in [1.807, 2.05) is 19.1 Å². The van der Waals surface area contributed by atoms with Gasteiger partial charge in [0.2, 0.25) is 5.91 Å².